The summed E-state index contributed by atoms with van der Waals surface area (Å²) in [7, 11) is 1.86. The van der Waals surface area contributed by atoms with Crippen LogP contribution in [0.3, 0.4) is 0 Å². The lowest BCUT2D eigenvalue weighted by Crippen LogP contribution is -2.19. The topological polar surface area (TPSA) is 12.0 Å². The van der Waals surface area contributed by atoms with Gasteiger partial charge in [-0.15, -0.1) is 0 Å². The Kier molecular flexibility index (Phi) is 4.81. The average molecular weight is 298 g/mol. The zero-order valence-corrected chi connectivity index (χ0v) is 12.0. The largest absolute Gasteiger partial charge is 0.313 e. The molecule has 2 aromatic rings. The number of hydrogen-bond donors (Lipinski definition) is 1. The predicted molar refractivity (Wildman–Crippen MR) is 78.4 cm³/mol. The van der Waals surface area contributed by atoms with Gasteiger partial charge in [0.15, 0.2) is 0 Å². The van der Waals surface area contributed by atoms with E-state index in [0.29, 0.717) is 10.0 Å². The van der Waals surface area contributed by atoms with Crippen molar-refractivity contribution in [3.8, 4) is 0 Å². The number of rotatable bonds is 4. The van der Waals surface area contributed by atoms with E-state index in [1.807, 2.05) is 31.3 Å². The third kappa shape index (κ3) is 3.69. The van der Waals surface area contributed by atoms with Crippen LogP contribution in [0.4, 0.5) is 4.39 Å². The van der Waals surface area contributed by atoms with Crippen molar-refractivity contribution in [1.82, 2.24) is 5.32 Å². The molecule has 0 aliphatic heterocycles. The molecule has 1 unspecified atom stereocenters. The fraction of sp³-hybridized carbons (Fsp3) is 0.200. The molecule has 0 radical (unpaired) electrons. The van der Waals surface area contributed by atoms with Gasteiger partial charge in [0, 0.05) is 16.1 Å². The van der Waals surface area contributed by atoms with Gasteiger partial charge in [-0.05, 0) is 48.9 Å². The van der Waals surface area contributed by atoms with Crippen molar-refractivity contribution >= 4 is 23.2 Å². The van der Waals surface area contributed by atoms with Crippen LogP contribution in [-0.2, 0) is 6.42 Å². The summed E-state index contributed by atoms with van der Waals surface area (Å²) in [4.78, 5) is 0. The van der Waals surface area contributed by atoms with Crippen molar-refractivity contribution < 1.29 is 4.39 Å². The van der Waals surface area contributed by atoms with Gasteiger partial charge < -0.3 is 5.32 Å². The molecule has 0 fully saturated rings. The summed E-state index contributed by atoms with van der Waals surface area (Å²) in [5, 5.41) is 4.33. The molecule has 0 amide bonds. The molecular weight excluding hydrogens is 284 g/mol. The average Bonchev–Trinajstić information content (AvgIpc) is 2.37. The van der Waals surface area contributed by atoms with E-state index in [1.165, 1.54) is 12.1 Å². The summed E-state index contributed by atoms with van der Waals surface area (Å²) in [6.45, 7) is 0. The molecule has 4 heteroatoms. The molecule has 2 aromatic carbocycles. The van der Waals surface area contributed by atoms with Gasteiger partial charge in [0.2, 0.25) is 0 Å². The van der Waals surface area contributed by atoms with Crippen molar-refractivity contribution in [2.45, 2.75) is 12.5 Å². The van der Waals surface area contributed by atoms with Gasteiger partial charge in [-0.25, -0.2) is 4.39 Å². The zero-order chi connectivity index (χ0) is 13.8. The molecule has 0 saturated heterocycles. The molecular formula is C15H14Cl2FN. The van der Waals surface area contributed by atoms with Crippen LogP contribution in [0.1, 0.15) is 17.2 Å². The lowest BCUT2D eigenvalue weighted by atomic mass is 9.99. The van der Waals surface area contributed by atoms with E-state index in [-0.39, 0.29) is 11.9 Å². The van der Waals surface area contributed by atoms with E-state index in [2.05, 4.69) is 5.32 Å². The van der Waals surface area contributed by atoms with Crippen molar-refractivity contribution in [2.75, 3.05) is 7.05 Å². The zero-order valence-electron chi connectivity index (χ0n) is 10.5. The third-order valence-corrected chi connectivity index (χ3v) is 3.58. The maximum Gasteiger partial charge on any atom is 0.124 e. The molecule has 2 rings (SSSR count). The van der Waals surface area contributed by atoms with Crippen LogP contribution in [-0.4, -0.2) is 7.05 Å². The first-order valence-electron chi connectivity index (χ1n) is 5.97. The first-order chi connectivity index (χ1) is 9.10. The molecule has 0 bridgehead atoms. The third-order valence-electron chi connectivity index (χ3n) is 3.02. The molecule has 1 atom stereocenters. The number of likely N-dealkylation sites (N-methyl/N-ethyl adjacent to an activating group) is 1. The Morgan fingerprint density at radius 3 is 2.58 bits per heavy atom. The van der Waals surface area contributed by atoms with E-state index < -0.39 is 0 Å². The number of hydrogen-bond acceptors (Lipinski definition) is 1. The minimum atomic E-state index is -0.327. The van der Waals surface area contributed by atoms with Gasteiger partial charge in [-0.1, -0.05) is 41.4 Å². The SMILES string of the molecule is CNC(Cc1cccc(Cl)c1)c1ccc(F)cc1Cl. The van der Waals surface area contributed by atoms with Crippen LogP contribution in [0, 0.1) is 5.82 Å². The fourth-order valence-corrected chi connectivity index (χ4v) is 2.56. The number of benzene rings is 2. The van der Waals surface area contributed by atoms with E-state index in [4.69, 9.17) is 23.2 Å². The molecule has 100 valence electrons. The fourth-order valence-electron chi connectivity index (χ4n) is 2.05. The second-order valence-corrected chi connectivity index (χ2v) is 5.18. The van der Waals surface area contributed by atoms with Crippen molar-refractivity contribution in [1.29, 1.82) is 0 Å². The summed E-state index contributed by atoms with van der Waals surface area (Å²) >= 11 is 12.1. The van der Waals surface area contributed by atoms with Gasteiger partial charge in [0.25, 0.3) is 0 Å². The molecule has 0 aromatic heterocycles. The monoisotopic (exact) mass is 297 g/mol. The van der Waals surface area contributed by atoms with Crippen molar-refractivity contribution in [3.05, 3.63) is 69.5 Å². The van der Waals surface area contributed by atoms with Crippen LogP contribution < -0.4 is 5.32 Å². The highest BCUT2D eigenvalue weighted by Gasteiger charge is 2.14. The Morgan fingerprint density at radius 1 is 1.16 bits per heavy atom. The highest BCUT2D eigenvalue weighted by Crippen LogP contribution is 2.27. The van der Waals surface area contributed by atoms with Crippen LogP contribution in [0.25, 0.3) is 0 Å². The molecule has 0 aliphatic rings. The maximum atomic E-state index is 13.1. The Labute approximate surface area is 122 Å². The Balaban J connectivity index is 2.25. The molecule has 19 heavy (non-hydrogen) atoms. The van der Waals surface area contributed by atoms with Crippen molar-refractivity contribution in [3.63, 3.8) is 0 Å². The summed E-state index contributed by atoms with van der Waals surface area (Å²) in [5.41, 5.74) is 1.98. The van der Waals surface area contributed by atoms with Gasteiger partial charge in [0.1, 0.15) is 5.82 Å². The van der Waals surface area contributed by atoms with Crippen LogP contribution in [0.5, 0.6) is 0 Å². The van der Waals surface area contributed by atoms with Gasteiger partial charge in [0.05, 0.1) is 0 Å². The quantitative estimate of drug-likeness (QED) is 0.867. The predicted octanol–water partition coefficient (Wildman–Crippen LogP) is 4.64. The number of nitrogens with one attached hydrogen (secondary N) is 1. The Bertz CT molecular complexity index is 572. The molecule has 0 saturated carbocycles. The maximum absolute atomic E-state index is 13.1. The van der Waals surface area contributed by atoms with Crippen LogP contribution in [0.2, 0.25) is 10.0 Å². The smallest absolute Gasteiger partial charge is 0.124 e. The molecule has 0 spiro atoms. The normalized spacial score (nSPS) is 12.4. The van der Waals surface area contributed by atoms with Crippen molar-refractivity contribution in [2.24, 2.45) is 0 Å². The van der Waals surface area contributed by atoms with E-state index in [0.717, 1.165) is 17.5 Å². The standard InChI is InChI=1S/C15H14Cl2FN/c1-19-15(8-10-3-2-4-11(16)7-10)13-6-5-12(18)9-14(13)17/h2-7,9,15,19H,8H2,1H3. The first kappa shape index (κ1) is 14.3. The lowest BCUT2D eigenvalue weighted by molar-refractivity contribution is 0.586. The Hall–Kier alpha value is -1.09. The van der Waals surface area contributed by atoms with E-state index >= 15 is 0 Å². The highest BCUT2D eigenvalue weighted by atomic mass is 35.5. The highest BCUT2D eigenvalue weighted by molar-refractivity contribution is 6.31. The molecule has 0 aliphatic carbocycles. The second-order valence-electron chi connectivity index (χ2n) is 4.34. The van der Waals surface area contributed by atoms with E-state index in [9.17, 15) is 4.39 Å². The van der Waals surface area contributed by atoms with E-state index in [1.54, 1.807) is 6.07 Å². The van der Waals surface area contributed by atoms with Gasteiger partial charge in [-0.3, -0.25) is 0 Å². The Morgan fingerprint density at radius 2 is 1.95 bits per heavy atom. The molecule has 1 nitrogen and oxygen atoms in total. The molecule has 0 heterocycles. The first-order valence-corrected chi connectivity index (χ1v) is 6.72. The van der Waals surface area contributed by atoms with Crippen LogP contribution >= 0.6 is 23.2 Å². The number of halogens is 3. The summed E-state index contributed by atoms with van der Waals surface area (Å²) in [6, 6.07) is 12.2. The molecule has 1 N–H and O–H groups in total. The lowest BCUT2D eigenvalue weighted by Gasteiger charge is -2.18. The summed E-state index contributed by atoms with van der Waals surface area (Å²) in [5.74, 6) is -0.327. The second kappa shape index (κ2) is 6.38. The summed E-state index contributed by atoms with van der Waals surface area (Å²) < 4.78 is 13.1. The summed E-state index contributed by atoms with van der Waals surface area (Å²) in [6.07, 6.45) is 0.739. The van der Waals surface area contributed by atoms with Gasteiger partial charge >= 0.3 is 0 Å². The minimum Gasteiger partial charge on any atom is -0.313 e. The van der Waals surface area contributed by atoms with Crippen LogP contribution in [0.15, 0.2) is 42.5 Å². The minimum absolute atomic E-state index is 0.0200. The van der Waals surface area contributed by atoms with Gasteiger partial charge in [-0.2, -0.15) is 0 Å².